The third-order valence-electron chi connectivity index (χ3n) is 1.74. The van der Waals surface area contributed by atoms with E-state index in [1.54, 1.807) is 6.92 Å². The van der Waals surface area contributed by atoms with Gasteiger partial charge < -0.3 is 0 Å². The van der Waals surface area contributed by atoms with Crippen molar-refractivity contribution in [2.75, 3.05) is 0 Å². The van der Waals surface area contributed by atoms with E-state index in [-0.39, 0.29) is 11.4 Å². The molecule has 4 heteroatoms. The van der Waals surface area contributed by atoms with Crippen LogP contribution in [0.25, 0.3) is 0 Å². The largest absolute Gasteiger partial charge is 0.265 e. The second-order valence-corrected chi connectivity index (χ2v) is 2.71. The van der Waals surface area contributed by atoms with Gasteiger partial charge in [0.1, 0.15) is 0 Å². The Labute approximate surface area is 74.4 Å². The Morgan fingerprint density at radius 1 is 1.50 bits per heavy atom. The monoisotopic (exact) mass is 191 g/mol. The van der Waals surface area contributed by atoms with Gasteiger partial charge in [-0.3, -0.25) is 4.98 Å². The van der Waals surface area contributed by atoms with Gasteiger partial charge in [-0.25, -0.2) is 8.78 Å². The number of hydrogen-bond donors (Lipinski definition) is 0. The van der Waals surface area contributed by atoms with E-state index in [0.717, 1.165) is 0 Å². The zero-order valence-electron chi connectivity index (χ0n) is 6.52. The smallest absolute Gasteiger partial charge is 0.264 e. The zero-order chi connectivity index (χ0) is 9.14. The third kappa shape index (κ3) is 1.72. The lowest BCUT2D eigenvalue weighted by Gasteiger charge is -2.06. The van der Waals surface area contributed by atoms with Crippen molar-refractivity contribution in [3.05, 3.63) is 29.1 Å². The molecule has 0 unspecified atom stereocenters. The molecule has 1 heterocycles. The van der Waals surface area contributed by atoms with E-state index in [1.807, 2.05) is 0 Å². The number of alkyl halides is 3. The van der Waals surface area contributed by atoms with Crippen LogP contribution in [0.5, 0.6) is 0 Å². The first-order valence-corrected chi connectivity index (χ1v) is 3.97. The van der Waals surface area contributed by atoms with Gasteiger partial charge in [0.2, 0.25) is 0 Å². The highest BCUT2D eigenvalue weighted by atomic mass is 35.5. The molecule has 0 bridgehead atoms. The van der Waals surface area contributed by atoms with Crippen LogP contribution < -0.4 is 0 Å². The maximum absolute atomic E-state index is 12.3. The summed E-state index contributed by atoms with van der Waals surface area (Å²) in [4.78, 5) is 3.67. The fourth-order valence-corrected chi connectivity index (χ4v) is 1.21. The summed E-state index contributed by atoms with van der Waals surface area (Å²) in [7, 11) is 0. The Balaban J connectivity index is 3.14. The average Bonchev–Trinajstić information content (AvgIpc) is 2.04. The van der Waals surface area contributed by atoms with E-state index < -0.39 is 6.43 Å². The van der Waals surface area contributed by atoms with E-state index in [2.05, 4.69) is 4.98 Å². The molecule has 0 aromatic carbocycles. The molecular weight excluding hydrogens is 184 g/mol. The molecule has 0 spiro atoms. The maximum atomic E-state index is 12.3. The molecule has 0 saturated carbocycles. The van der Waals surface area contributed by atoms with E-state index >= 15 is 0 Å². The van der Waals surface area contributed by atoms with Crippen molar-refractivity contribution in [1.29, 1.82) is 0 Å². The molecule has 0 radical (unpaired) electrons. The molecule has 66 valence electrons. The Hall–Kier alpha value is -0.700. The number of aromatic nitrogens is 1. The van der Waals surface area contributed by atoms with Crippen LogP contribution in [0.4, 0.5) is 8.78 Å². The van der Waals surface area contributed by atoms with Crippen LogP contribution in [0, 0.1) is 6.92 Å². The quantitative estimate of drug-likeness (QED) is 0.655. The van der Waals surface area contributed by atoms with Gasteiger partial charge in [0.25, 0.3) is 6.43 Å². The lowest BCUT2D eigenvalue weighted by molar-refractivity contribution is 0.150. The highest BCUT2D eigenvalue weighted by Gasteiger charge is 2.12. The number of rotatable bonds is 2. The molecule has 1 aromatic heterocycles. The molecule has 0 fully saturated rings. The summed E-state index contributed by atoms with van der Waals surface area (Å²) < 4.78 is 24.5. The summed E-state index contributed by atoms with van der Waals surface area (Å²) in [6, 6.07) is 0. The van der Waals surface area contributed by atoms with Crippen LogP contribution >= 0.6 is 11.6 Å². The van der Waals surface area contributed by atoms with Crippen molar-refractivity contribution >= 4 is 11.6 Å². The van der Waals surface area contributed by atoms with Crippen LogP contribution in [-0.4, -0.2) is 4.98 Å². The zero-order valence-corrected chi connectivity index (χ0v) is 7.28. The summed E-state index contributed by atoms with van der Waals surface area (Å²) in [6.45, 7) is 1.63. The van der Waals surface area contributed by atoms with Gasteiger partial charge in [-0.1, -0.05) is 0 Å². The molecule has 12 heavy (non-hydrogen) atoms. The molecule has 0 aliphatic rings. The fraction of sp³-hybridized carbons (Fsp3) is 0.375. The van der Waals surface area contributed by atoms with Crippen molar-refractivity contribution in [1.82, 2.24) is 4.98 Å². The van der Waals surface area contributed by atoms with Gasteiger partial charge in [0.15, 0.2) is 0 Å². The van der Waals surface area contributed by atoms with Gasteiger partial charge >= 0.3 is 0 Å². The van der Waals surface area contributed by atoms with Crippen molar-refractivity contribution in [2.24, 2.45) is 0 Å². The number of halogens is 3. The van der Waals surface area contributed by atoms with Crippen molar-refractivity contribution in [2.45, 2.75) is 19.2 Å². The molecule has 1 aromatic rings. The summed E-state index contributed by atoms with van der Waals surface area (Å²) in [5.41, 5.74) is 1.16. The fourth-order valence-electron chi connectivity index (χ4n) is 0.941. The number of hydrogen-bond acceptors (Lipinski definition) is 1. The lowest BCUT2D eigenvalue weighted by atomic mass is 10.1. The van der Waals surface area contributed by atoms with Crippen LogP contribution in [-0.2, 0) is 5.88 Å². The highest BCUT2D eigenvalue weighted by Crippen LogP contribution is 2.24. The average molecular weight is 192 g/mol. The molecule has 0 N–H and O–H groups in total. The van der Waals surface area contributed by atoms with Crippen molar-refractivity contribution in [3.63, 3.8) is 0 Å². The molecule has 0 aliphatic heterocycles. The van der Waals surface area contributed by atoms with E-state index in [9.17, 15) is 8.78 Å². The Bertz CT molecular complexity index is 276. The van der Waals surface area contributed by atoms with Gasteiger partial charge in [0.05, 0.1) is 0 Å². The van der Waals surface area contributed by atoms with Crippen LogP contribution in [0.1, 0.15) is 23.1 Å². The second-order valence-electron chi connectivity index (χ2n) is 2.45. The Kier molecular flexibility index (Phi) is 2.98. The van der Waals surface area contributed by atoms with Crippen molar-refractivity contribution in [3.8, 4) is 0 Å². The normalized spacial score (nSPS) is 10.8. The Morgan fingerprint density at radius 2 is 2.17 bits per heavy atom. The molecule has 1 rings (SSSR count). The molecule has 0 atom stereocenters. The van der Waals surface area contributed by atoms with Gasteiger partial charge in [-0.2, -0.15) is 0 Å². The van der Waals surface area contributed by atoms with E-state index in [1.165, 1.54) is 12.4 Å². The van der Waals surface area contributed by atoms with Crippen LogP contribution in [0.2, 0.25) is 0 Å². The standard InChI is InChI=1S/C8H8ClF2N/c1-5-6(2-9)3-12-4-7(5)8(10)11/h3-4,8H,2H2,1H3. The minimum atomic E-state index is -2.47. The first-order valence-electron chi connectivity index (χ1n) is 3.44. The maximum Gasteiger partial charge on any atom is 0.265 e. The first-order chi connectivity index (χ1) is 5.66. The van der Waals surface area contributed by atoms with Gasteiger partial charge in [-0.15, -0.1) is 11.6 Å². The van der Waals surface area contributed by atoms with Gasteiger partial charge in [-0.05, 0) is 18.1 Å². The van der Waals surface area contributed by atoms with E-state index in [0.29, 0.717) is 11.1 Å². The van der Waals surface area contributed by atoms with E-state index in [4.69, 9.17) is 11.6 Å². The predicted octanol–water partition coefficient (Wildman–Crippen LogP) is 3.07. The first kappa shape index (κ1) is 9.39. The Morgan fingerprint density at radius 3 is 2.67 bits per heavy atom. The third-order valence-corrected chi connectivity index (χ3v) is 2.03. The van der Waals surface area contributed by atoms with Gasteiger partial charge in [0, 0.05) is 23.8 Å². The molecule has 0 aliphatic carbocycles. The number of pyridine rings is 1. The summed E-state index contributed by atoms with van der Waals surface area (Å²) in [6.07, 6.45) is 0.213. The minimum Gasteiger partial charge on any atom is -0.264 e. The minimum absolute atomic E-state index is 0.0341. The van der Waals surface area contributed by atoms with Crippen molar-refractivity contribution < 1.29 is 8.78 Å². The molecular formula is C8H8ClF2N. The van der Waals surface area contributed by atoms with Crippen LogP contribution in [0.3, 0.4) is 0 Å². The SMILES string of the molecule is Cc1c(CCl)cncc1C(F)F. The molecule has 0 amide bonds. The molecule has 0 saturated heterocycles. The summed E-state index contributed by atoms with van der Waals surface area (Å²) >= 11 is 5.52. The van der Waals surface area contributed by atoms with Crippen LogP contribution in [0.15, 0.2) is 12.4 Å². The predicted molar refractivity (Wildman–Crippen MR) is 43.5 cm³/mol. The number of nitrogens with zero attached hydrogens (tertiary/aromatic N) is 1. The lowest BCUT2D eigenvalue weighted by Crippen LogP contribution is -1.95. The summed E-state index contributed by atoms with van der Waals surface area (Å²) in [5, 5.41) is 0. The molecule has 1 nitrogen and oxygen atoms in total. The second kappa shape index (κ2) is 3.81. The topological polar surface area (TPSA) is 12.9 Å². The highest BCUT2D eigenvalue weighted by molar-refractivity contribution is 6.17. The summed E-state index contributed by atoms with van der Waals surface area (Å²) in [5.74, 6) is 0.222.